The Balaban J connectivity index is 2.07. The summed E-state index contributed by atoms with van der Waals surface area (Å²) in [6.07, 6.45) is 1.78. The van der Waals surface area contributed by atoms with Crippen LogP contribution in [0.2, 0.25) is 0 Å². The quantitative estimate of drug-likeness (QED) is 0.798. The van der Waals surface area contributed by atoms with E-state index in [0.717, 1.165) is 11.1 Å². The van der Waals surface area contributed by atoms with Crippen LogP contribution < -0.4 is 5.32 Å². The third-order valence-corrected chi connectivity index (χ3v) is 4.30. The van der Waals surface area contributed by atoms with Crippen LogP contribution in [-0.2, 0) is 20.9 Å². The molecule has 1 saturated heterocycles. The highest BCUT2D eigenvalue weighted by Crippen LogP contribution is 2.22. The van der Waals surface area contributed by atoms with Gasteiger partial charge in [0.15, 0.2) is 0 Å². The van der Waals surface area contributed by atoms with Gasteiger partial charge in [-0.05, 0) is 25.3 Å². The number of rotatable bonds is 7. The fraction of sp³-hybridized carbons (Fsp3) is 0.500. The molecule has 2 atom stereocenters. The van der Waals surface area contributed by atoms with Crippen molar-refractivity contribution >= 4 is 17.8 Å². The smallest absolute Gasteiger partial charge is 0.326 e. The molecule has 24 heavy (non-hydrogen) atoms. The maximum absolute atomic E-state index is 12.5. The molecular weight excluding hydrogens is 308 g/mol. The number of hydrogen-bond donors (Lipinski definition) is 2. The zero-order valence-electron chi connectivity index (χ0n) is 14.1. The Bertz CT molecular complexity index is 612. The SMILES string of the molecule is CCC[C@@H](NC(=O)[C@@H]1CCC(=O)N1Cc1ccc(C)cc1)C(=O)O. The minimum absolute atomic E-state index is 0.0712. The highest BCUT2D eigenvalue weighted by Gasteiger charge is 2.37. The Morgan fingerprint density at radius 2 is 2.00 bits per heavy atom. The number of carboxylic acid groups (broad SMARTS) is 1. The molecule has 2 amide bonds. The van der Waals surface area contributed by atoms with Gasteiger partial charge < -0.3 is 15.3 Å². The monoisotopic (exact) mass is 332 g/mol. The first-order chi connectivity index (χ1) is 11.4. The van der Waals surface area contributed by atoms with E-state index in [4.69, 9.17) is 0 Å². The van der Waals surface area contributed by atoms with Crippen molar-refractivity contribution in [1.82, 2.24) is 10.2 Å². The normalized spacial score (nSPS) is 18.5. The van der Waals surface area contributed by atoms with Gasteiger partial charge in [-0.3, -0.25) is 9.59 Å². The molecule has 1 fully saturated rings. The molecule has 0 radical (unpaired) electrons. The molecule has 2 rings (SSSR count). The predicted octanol–water partition coefficient (Wildman–Crippen LogP) is 1.86. The number of benzene rings is 1. The lowest BCUT2D eigenvalue weighted by molar-refractivity contribution is -0.143. The highest BCUT2D eigenvalue weighted by atomic mass is 16.4. The summed E-state index contributed by atoms with van der Waals surface area (Å²) in [7, 11) is 0. The van der Waals surface area contributed by atoms with E-state index in [1.54, 1.807) is 4.90 Å². The van der Waals surface area contributed by atoms with Crippen LogP contribution in [0.3, 0.4) is 0 Å². The lowest BCUT2D eigenvalue weighted by atomic mass is 10.1. The first kappa shape index (κ1) is 18.0. The van der Waals surface area contributed by atoms with E-state index < -0.39 is 18.1 Å². The first-order valence-corrected chi connectivity index (χ1v) is 8.30. The average molecular weight is 332 g/mol. The molecule has 1 aromatic carbocycles. The number of hydrogen-bond acceptors (Lipinski definition) is 3. The standard InChI is InChI=1S/C18H24N2O4/c1-3-4-14(18(23)24)19-17(22)15-9-10-16(21)20(15)11-13-7-5-12(2)6-8-13/h5-8,14-15H,3-4,9-11H2,1-2H3,(H,19,22)(H,23,24)/t14-,15+/m1/s1. The van der Waals surface area contributed by atoms with Crippen LogP contribution in [0, 0.1) is 6.92 Å². The van der Waals surface area contributed by atoms with E-state index in [2.05, 4.69) is 5.32 Å². The zero-order chi connectivity index (χ0) is 17.7. The predicted molar refractivity (Wildman–Crippen MR) is 89.2 cm³/mol. The van der Waals surface area contributed by atoms with Gasteiger partial charge in [0.05, 0.1) is 0 Å². The summed E-state index contributed by atoms with van der Waals surface area (Å²) in [5.41, 5.74) is 2.08. The van der Waals surface area contributed by atoms with Gasteiger partial charge in [0.25, 0.3) is 0 Å². The first-order valence-electron chi connectivity index (χ1n) is 8.30. The van der Waals surface area contributed by atoms with Gasteiger partial charge in [0, 0.05) is 13.0 Å². The van der Waals surface area contributed by atoms with Crippen LogP contribution in [0.4, 0.5) is 0 Å². The number of carboxylic acids is 1. The summed E-state index contributed by atoms with van der Waals surface area (Å²) < 4.78 is 0. The molecule has 1 aromatic rings. The van der Waals surface area contributed by atoms with Gasteiger partial charge >= 0.3 is 5.97 Å². The number of nitrogens with one attached hydrogen (secondary N) is 1. The third kappa shape index (κ3) is 4.34. The second kappa shape index (κ2) is 7.95. The van der Waals surface area contributed by atoms with Crippen LogP contribution in [0.15, 0.2) is 24.3 Å². The summed E-state index contributed by atoms with van der Waals surface area (Å²) in [4.78, 5) is 37.4. The minimum atomic E-state index is -1.04. The van der Waals surface area contributed by atoms with Gasteiger partial charge in [-0.15, -0.1) is 0 Å². The zero-order valence-corrected chi connectivity index (χ0v) is 14.1. The van der Waals surface area contributed by atoms with E-state index in [9.17, 15) is 19.5 Å². The largest absolute Gasteiger partial charge is 0.480 e. The molecular formula is C18H24N2O4. The Hall–Kier alpha value is -2.37. The summed E-state index contributed by atoms with van der Waals surface area (Å²) in [6, 6.07) is 6.30. The third-order valence-electron chi connectivity index (χ3n) is 4.30. The Kier molecular flexibility index (Phi) is 5.95. The van der Waals surface area contributed by atoms with Crippen molar-refractivity contribution < 1.29 is 19.5 Å². The summed E-state index contributed by atoms with van der Waals surface area (Å²) >= 11 is 0. The van der Waals surface area contributed by atoms with E-state index in [-0.39, 0.29) is 11.8 Å². The molecule has 0 bridgehead atoms. The van der Waals surface area contributed by atoms with E-state index in [1.807, 2.05) is 38.1 Å². The average Bonchev–Trinajstić information content (AvgIpc) is 2.90. The van der Waals surface area contributed by atoms with Crippen LogP contribution in [-0.4, -0.2) is 39.9 Å². The van der Waals surface area contributed by atoms with Crippen molar-refractivity contribution in [2.75, 3.05) is 0 Å². The number of aliphatic carboxylic acids is 1. The molecule has 0 unspecified atom stereocenters. The highest BCUT2D eigenvalue weighted by molar-refractivity contribution is 5.92. The second-order valence-corrected chi connectivity index (χ2v) is 6.25. The Labute approximate surface area is 141 Å². The van der Waals surface area contributed by atoms with Gasteiger partial charge in [-0.25, -0.2) is 4.79 Å². The lowest BCUT2D eigenvalue weighted by Crippen LogP contribution is -2.49. The molecule has 2 N–H and O–H groups in total. The van der Waals surface area contributed by atoms with E-state index in [1.165, 1.54) is 0 Å². The summed E-state index contributed by atoms with van der Waals surface area (Å²) in [6.45, 7) is 4.22. The van der Waals surface area contributed by atoms with Gasteiger partial charge in [0.2, 0.25) is 11.8 Å². The number of likely N-dealkylation sites (tertiary alicyclic amines) is 1. The molecule has 0 spiro atoms. The minimum Gasteiger partial charge on any atom is -0.480 e. The number of aryl methyl sites for hydroxylation is 1. The van der Waals surface area contributed by atoms with Crippen molar-refractivity contribution in [3.63, 3.8) is 0 Å². The molecule has 1 heterocycles. The molecule has 0 saturated carbocycles. The van der Waals surface area contributed by atoms with Crippen molar-refractivity contribution in [1.29, 1.82) is 0 Å². The fourth-order valence-electron chi connectivity index (χ4n) is 2.91. The summed E-state index contributed by atoms with van der Waals surface area (Å²) in [5.74, 6) is -1.49. The van der Waals surface area contributed by atoms with Crippen LogP contribution in [0.25, 0.3) is 0 Å². The van der Waals surface area contributed by atoms with Crippen molar-refractivity contribution in [2.45, 2.75) is 58.2 Å². The number of carbonyl (C=O) groups is 3. The number of carbonyl (C=O) groups excluding carboxylic acids is 2. The Morgan fingerprint density at radius 1 is 1.33 bits per heavy atom. The van der Waals surface area contributed by atoms with Crippen molar-refractivity contribution in [3.8, 4) is 0 Å². The second-order valence-electron chi connectivity index (χ2n) is 6.25. The van der Waals surface area contributed by atoms with Crippen LogP contribution in [0.1, 0.15) is 43.7 Å². The number of nitrogens with zero attached hydrogens (tertiary/aromatic N) is 1. The molecule has 1 aliphatic heterocycles. The van der Waals surface area contributed by atoms with Crippen LogP contribution >= 0.6 is 0 Å². The van der Waals surface area contributed by atoms with E-state index >= 15 is 0 Å². The van der Waals surface area contributed by atoms with Gasteiger partial charge in [0.1, 0.15) is 12.1 Å². The molecule has 0 aromatic heterocycles. The molecule has 130 valence electrons. The molecule has 1 aliphatic rings. The Morgan fingerprint density at radius 3 is 2.58 bits per heavy atom. The molecule has 0 aliphatic carbocycles. The van der Waals surface area contributed by atoms with Gasteiger partial charge in [-0.2, -0.15) is 0 Å². The van der Waals surface area contributed by atoms with Crippen molar-refractivity contribution in [2.24, 2.45) is 0 Å². The molecule has 6 heteroatoms. The maximum atomic E-state index is 12.5. The maximum Gasteiger partial charge on any atom is 0.326 e. The lowest BCUT2D eigenvalue weighted by Gasteiger charge is -2.25. The fourth-order valence-corrected chi connectivity index (χ4v) is 2.91. The number of amides is 2. The van der Waals surface area contributed by atoms with Crippen molar-refractivity contribution in [3.05, 3.63) is 35.4 Å². The van der Waals surface area contributed by atoms with Crippen LogP contribution in [0.5, 0.6) is 0 Å². The van der Waals surface area contributed by atoms with Gasteiger partial charge in [-0.1, -0.05) is 43.2 Å². The molecule has 6 nitrogen and oxygen atoms in total. The summed E-state index contributed by atoms with van der Waals surface area (Å²) in [5, 5.41) is 11.8. The van der Waals surface area contributed by atoms with E-state index in [0.29, 0.717) is 32.2 Å². The topological polar surface area (TPSA) is 86.7 Å².